The first-order chi connectivity index (χ1) is 11.0. The number of aryl methyl sites for hydroxylation is 1. The topological polar surface area (TPSA) is 66.2 Å². The smallest absolute Gasteiger partial charge is 0.252 e. The van der Waals surface area contributed by atoms with Crippen LogP contribution in [0.3, 0.4) is 0 Å². The van der Waals surface area contributed by atoms with Crippen LogP contribution in [0.25, 0.3) is 0 Å². The van der Waals surface area contributed by atoms with Crippen molar-refractivity contribution in [2.45, 2.75) is 26.5 Å². The van der Waals surface area contributed by atoms with Gasteiger partial charge in [-0.15, -0.1) is 0 Å². The highest BCUT2D eigenvalue weighted by atomic mass is 79.9. The van der Waals surface area contributed by atoms with Crippen molar-refractivity contribution in [3.8, 4) is 0 Å². The first-order valence-corrected chi connectivity index (χ1v) is 8.27. The van der Waals surface area contributed by atoms with E-state index in [0.29, 0.717) is 18.7 Å². The molecule has 124 valence electrons. The largest absolute Gasteiger partial charge is 0.378 e. The number of amides is 1. The summed E-state index contributed by atoms with van der Waals surface area (Å²) in [5, 5.41) is 6.31. The second-order valence-electron chi connectivity index (χ2n) is 5.52. The van der Waals surface area contributed by atoms with E-state index in [1.165, 1.54) is 0 Å². The number of aromatic amines is 1. The lowest BCUT2D eigenvalue weighted by molar-refractivity contribution is 0.0941. The zero-order chi connectivity index (χ0) is 16.8. The summed E-state index contributed by atoms with van der Waals surface area (Å²) in [7, 11) is 1.67. The average Bonchev–Trinajstić information content (AvgIpc) is 2.86. The number of H-pyrrole nitrogens is 1. The van der Waals surface area contributed by atoms with Crippen LogP contribution in [0.1, 0.15) is 28.5 Å². The highest BCUT2D eigenvalue weighted by Crippen LogP contribution is 2.17. The molecule has 0 bridgehead atoms. The number of rotatable bonds is 7. The summed E-state index contributed by atoms with van der Waals surface area (Å²) >= 11 is 3.40. The SMILES string of the molecule is COCc1cc(C)c(NCC(C)NC(=O)c2ccccc2Br)[nH]1. The van der Waals surface area contributed by atoms with Gasteiger partial charge in [-0.25, -0.2) is 0 Å². The first kappa shape index (κ1) is 17.6. The minimum absolute atomic E-state index is 0.0109. The van der Waals surface area contributed by atoms with Gasteiger partial charge in [0.2, 0.25) is 0 Å². The molecule has 1 heterocycles. The molecule has 1 aromatic heterocycles. The summed E-state index contributed by atoms with van der Waals surface area (Å²) in [6.45, 7) is 5.18. The molecule has 0 aliphatic heterocycles. The van der Waals surface area contributed by atoms with Crippen molar-refractivity contribution in [3.63, 3.8) is 0 Å². The van der Waals surface area contributed by atoms with E-state index in [1.807, 2.05) is 32.0 Å². The van der Waals surface area contributed by atoms with Gasteiger partial charge in [-0.1, -0.05) is 12.1 Å². The number of halogens is 1. The Morgan fingerprint density at radius 3 is 2.83 bits per heavy atom. The monoisotopic (exact) mass is 379 g/mol. The molecule has 1 unspecified atom stereocenters. The summed E-state index contributed by atoms with van der Waals surface area (Å²) in [5.41, 5.74) is 2.79. The summed E-state index contributed by atoms with van der Waals surface area (Å²) in [5.74, 6) is 0.870. The molecule has 0 saturated carbocycles. The van der Waals surface area contributed by atoms with Gasteiger partial charge in [0.15, 0.2) is 0 Å². The molecule has 2 aromatic rings. The van der Waals surface area contributed by atoms with E-state index in [9.17, 15) is 4.79 Å². The molecule has 0 radical (unpaired) electrons. The van der Waals surface area contributed by atoms with Crippen LogP contribution in [0, 0.1) is 6.92 Å². The molecule has 1 amide bonds. The maximum atomic E-state index is 12.3. The molecule has 0 spiro atoms. The second-order valence-corrected chi connectivity index (χ2v) is 6.38. The third-order valence-electron chi connectivity index (χ3n) is 3.45. The van der Waals surface area contributed by atoms with Gasteiger partial charge in [0.25, 0.3) is 5.91 Å². The quantitative estimate of drug-likeness (QED) is 0.689. The van der Waals surface area contributed by atoms with E-state index < -0.39 is 0 Å². The molecular formula is C17H22BrN3O2. The molecular weight excluding hydrogens is 358 g/mol. The van der Waals surface area contributed by atoms with E-state index in [0.717, 1.165) is 21.5 Å². The Balaban J connectivity index is 1.89. The van der Waals surface area contributed by atoms with Gasteiger partial charge in [-0.05, 0) is 53.5 Å². The summed E-state index contributed by atoms with van der Waals surface area (Å²) < 4.78 is 5.91. The Labute approximate surface area is 144 Å². The molecule has 2 rings (SSSR count). The number of hydrogen-bond acceptors (Lipinski definition) is 3. The predicted octanol–water partition coefficient (Wildman–Crippen LogP) is 3.46. The first-order valence-electron chi connectivity index (χ1n) is 7.48. The zero-order valence-electron chi connectivity index (χ0n) is 13.6. The van der Waals surface area contributed by atoms with Crippen molar-refractivity contribution in [1.29, 1.82) is 0 Å². The number of ether oxygens (including phenoxy) is 1. The summed E-state index contributed by atoms with van der Waals surface area (Å²) in [4.78, 5) is 15.5. The maximum Gasteiger partial charge on any atom is 0.252 e. The van der Waals surface area contributed by atoms with Crippen LogP contribution in [0.4, 0.5) is 5.82 Å². The van der Waals surface area contributed by atoms with E-state index in [1.54, 1.807) is 13.2 Å². The molecule has 5 nitrogen and oxygen atoms in total. The fraction of sp³-hybridized carbons (Fsp3) is 0.353. The predicted molar refractivity (Wildman–Crippen MR) is 95.8 cm³/mol. The Morgan fingerprint density at radius 1 is 1.39 bits per heavy atom. The summed E-state index contributed by atoms with van der Waals surface area (Å²) in [6, 6.07) is 9.43. The molecule has 0 aliphatic carbocycles. The normalized spacial score (nSPS) is 12.0. The van der Waals surface area contributed by atoms with Gasteiger partial charge in [-0.2, -0.15) is 0 Å². The van der Waals surface area contributed by atoms with E-state index in [4.69, 9.17) is 4.74 Å². The molecule has 0 saturated heterocycles. The van der Waals surface area contributed by atoms with Crippen molar-refractivity contribution in [3.05, 3.63) is 51.6 Å². The number of aromatic nitrogens is 1. The molecule has 0 aliphatic rings. The number of nitrogens with one attached hydrogen (secondary N) is 3. The fourth-order valence-electron chi connectivity index (χ4n) is 2.30. The van der Waals surface area contributed by atoms with Gasteiger partial charge >= 0.3 is 0 Å². The van der Waals surface area contributed by atoms with Crippen molar-refractivity contribution >= 4 is 27.7 Å². The van der Waals surface area contributed by atoms with Gasteiger partial charge in [0, 0.05) is 29.9 Å². The standard InChI is InChI=1S/C17H22BrN3O2/c1-11-8-13(10-23-3)21-16(11)19-9-12(2)20-17(22)14-6-4-5-7-15(14)18/h4-8,12,19,21H,9-10H2,1-3H3,(H,20,22). The number of anilines is 1. The molecule has 0 fully saturated rings. The van der Waals surface area contributed by atoms with Crippen LogP contribution in [0.5, 0.6) is 0 Å². The minimum Gasteiger partial charge on any atom is -0.378 e. The Hall–Kier alpha value is -1.79. The summed E-state index contributed by atoms with van der Waals surface area (Å²) in [6.07, 6.45) is 0. The molecule has 1 aromatic carbocycles. The second kappa shape index (κ2) is 8.17. The Kier molecular flexibility index (Phi) is 6.24. The van der Waals surface area contributed by atoms with Gasteiger partial charge in [0.1, 0.15) is 5.82 Å². The molecule has 1 atom stereocenters. The number of carbonyl (C=O) groups is 1. The minimum atomic E-state index is -0.0879. The van der Waals surface area contributed by atoms with Gasteiger partial charge in [0.05, 0.1) is 12.2 Å². The van der Waals surface area contributed by atoms with Crippen LogP contribution in [0.15, 0.2) is 34.8 Å². The molecule has 23 heavy (non-hydrogen) atoms. The zero-order valence-corrected chi connectivity index (χ0v) is 15.2. The van der Waals surface area contributed by atoms with Crippen LogP contribution >= 0.6 is 15.9 Å². The average molecular weight is 380 g/mol. The van der Waals surface area contributed by atoms with Crippen LogP contribution in [0.2, 0.25) is 0 Å². The van der Waals surface area contributed by atoms with E-state index >= 15 is 0 Å². The van der Waals surface area contributed by atoms with Crippen LogP contribution in [-0.4, -0.2) is 30.6 Å². The van der Waals surface area contributed by atoms with Crippen molar-refractivity contribution in [2.75, 3.05) is 19.0 Å². The van der Waals surface area contributed by atoms with E-state index in [2.05, 4.69) is 37.6 Å². The third-order valence-corrected chi connectivity index (χ3v) is 4.14. The Morgan fingerprint density at radius 2 is 2.13 bits per heavy atom. The number of benzene rings is 1. The van der Waals surface area contributed by atoms with Crippen LogP contribution in [-0.2, 0) is 11.3 Å². The molecule has 6 heteroatoms. The maximum absolute atomic E-state index is 12.3. The number of carbonyl (C=O) groups excluding carboxylic acids is 1. The van der Waals surface area contributed by atoms with Crippen LogP contribution < -0.4 is 10.6 Å². The lowest BCUT2D eigenvalue weighted by Crippen LogP contribution is -2.37. The van der Waals surface area contributed by atoms with Crippen molar-refractivity contribution < 1.29 is 9.53 Å². The fourth-order valence-corrected chi connectivity index (χ4v) is 2.76. The van der Waals surface area contributed by atoms with Crippen molar-refractivity contribution in [1.82, 2.24) is 10.3 Å². The van der Waals surface area contributed by atoms with Gasteiger partial charge < -0.3 is 20.4 Å². The Bertz CT molecular complexity index is 670. The molecule has 3 N–H and O–H groups in total. The lowest BCUT2D eigenvalue weighted by Gasteiger charge is -2.16. The number of methoxy groups -OCH3 is 1. The third kappa shape index (κ3) is 4.84. The highest BCUT2D eigenvalue weighted by molar-refractivity contribution is 9.10. The van der Waals surface area contributed by atoms with Gasteiger partial charge in [-0.3, -0.25) is 4.79 Å². The van der Waals surface area contributed by atoms with E-state index in [-0.39, 0.29) is 11.9 Å². The number of hydrogen-bond donors (Lipinski definition) is 3. The van der Waals surface area contributed by atoms with Crippen molar-refractivity contribution in [2.24, 2.45) is 0 Å². The lowest BCUT2D eigenvalue weighted by atomic mass is 10.2. The highest BCUT2D eigenvalue weighted by Gasteiger charge is 2.13.